The zero-order chi connectivity index (χ0) is 17.2. The summed E-state index contributed by atoms with van der Waals surface area (Å²) < 4.78 is 1.69. The van der Waals surface area contributed by atoms with Gasteiger partial charge in [-0.25, -0.2) is 4.68 Å². The minimum absolute atomic E-state index is 0.181. The van der Waals surface area contributed by atoms with Gasteiger partial charge in [0.25, 0.3) is 5.91 Å². The summed E-state index contributed by atoms with van der Waals surface area (Å²) in [7, 11) is 0. The van der Waals surface area contributed by atoms with Gasteiger partial charge in [0.2, 0.25) is 0 Å². The fourth-order valence-electron chi connectivity index (χ4n) is 2.88. The second-order valence-corrected chi connectivity index (χ2v) is 5.93. The molecule has 4 nitrogen and oxygen atoms in total. The van der Waals surface area contributed by atoms with Crippen LogP contribution < -0.4 is 5.32 Å². The van der Waals surface area contributed by atoms with Crippen molar-refractivity contribution in [2.75, 3.05) is 5.32 Å². The fourth-order valence-corrected chi connectivity index (χ4v) is 2.88. The Balaban J connectivity index is 1.74. The van der Waals surface area contributed by atoms with Crippen LogP contribution in [0.2, 0.25) is 0 Å². The average Bonchev–Trinajstić information content (AvgIpc) is 3.04. The Kier molecular flexibility index (Phi) is 3.78. The molecule has 1 heterocycles. The second kappa shape index (κ2) is 6.24. The van der Waals surface area contributed by atoms with Crippen LogP contribution in [-0.2, 0) is 0 Å². The van der Waals surface area contributed by atoms with Gasteiger partial charge in [-0.05, 0) is 48.0 Å². The summed E-state index contributed by atoms with van der Waals surface area (Å²) in [6, 6.07) is 25.4. The Morgan fingerprint density at radius 2 is 1.60 bits per heavy atom. The highest BCUT2D eigenvalue weighted by molar-refractivity contribution is 6.03. The van der Waals surface area contributed by atoms with Crippen molar-refractivity contribution in [2.45, 2.75) is 6.92 Å². The molecule has 25 heavy (non-hydrogen) atoms. The number of anilines is 1. The highest BCUT2D eigenvalue weighted by Gasteiger charge is 2.15. The number of fused-ring (bicyclic) bond motifs is 1. The van der Waals surface area contributed by atoms with Crippen LogP contribution in [0.3, 0.4) is 0 Å². The van der Waals surface area contributed by atoms with Crippen LogP contribution in [0.1, 0.15) is 16.2 Å². The molecule has 1 amide bonds. The maximum atomic E-state index is 12.7. The molecule has 1 N–H and O–H groups in total. The van der Waals surface area contributed by atoms with Crippen LogP contribution in [0.5, 0.6) is 0 Å². The molecular weight excluding hydrogens is 310 g/mol. The predicted octanol–water partition coefficient (Wildman–Crippen LogP) is 4.59. The third kappa shape index (κ3) is 3.02. The van der Waals surface area contributed by atoms with E-state index in [2.05, 4.69) is 22.5 Å². The SMILES string of the molecule is Cc1cc(C(=O)Nc2ccccc2)n(-c2ccc3ccccc3c2)n1. The Labute approximate surface area is 145 Å². The fraction of sp³-hybridized carbons (Fsp3) is 0.0476. The summed E-state index contributed by atoms with van der Waals surface area (Å²) in [5.41, 5.74) is 2.93. The monoisotopic (exact) mass is 327 g/mol. The van der Waals surface area contributed by atoms with Gasteiger partial charge in [-0.3, -0.25) is 4.79 Å². The van der Waals surface area contributed by atoms with Crippen molar-refractivity contribution >= 4 is 22.4 Å². The Morgan fingerprint density at radius 3 is 2.40 bits per heavy atom. The standard InChI is InChI=1S/C21H17N3O/c1-15-13-20(21(25)22-18-9-3-2-4-10-18)24(23-15)19-12-11-16-7-5-6-8-17(16)14-19/h2-14H,1H3,(H,22,25). The lowest BCUT2D eigenvalue weighted by atomic mass is 10.1. The van der Waals surface area contributed by atoms with E-state index in [4.69, 9.17) is 0 Å². The molecule has 0 aliphatic heterocycles. The molecule has 0 bridgehead atoms. The average molecular weight is 327 g/mol. The van der Waals surface area contributed by atoms with Gasteiger partial charge in [-0.15, -0.1) is 0 Å². The van der Waals surface area contributed by atoms with Crippen molar-refractivity contribution in [1.82, 2.24) is 9.78 Å². The van der Waals surface area contributed by atoms with Crippen molar-refractivity contribution in [1.29, 1.82) is 0 Å². The first-order valence-corrected chi connectivity index (χ1v) is 8.13. The van der Waals surface area contributed by atoms with Crippen molar-refractivity contribution in [2.24, 2.45) is 0 Å². The van der Waals surface area contributed by atoms with Crippen LogP contribution in [0.4, 0.5) is 5.69 Å². The minimum Gasteiger partial charge on any atom is -0.321 e. The predicted molar refractivity (Wildman–Crippen MR) is 100 cm³/mol. The van der Waals surface area contributed by atoms with E-state index < -0.39 is 0 Å². The number of amides is 1. The number of rotatable bonds is 3. The Morgan fingerprint density at radius 1 is 0.880 bits per heavy atom. The molecule has 0 fully saturated rings. The van der Waals surface area contributed by atoms with E-state index >= 15 is 0 Å². The summed E-state index contributed by atoms with van der Waals surface area (Å²) in [5, 5.41) is 9.70. The molecule has 122 valence electrons. The number of carbonyl (C=O) groups excluding carboxylic acids is 1. The molecule has 0 aliphatic rings. The van der Waals surface area contributed by atoms with Gasteiger partial charge in [0.1, 0.15) is 5.69 Å². The highest BCUT2D eigenvalue weighted by atomic mass is 16.2. The quantitative estimate of drug-likeness (QED) is 0.598. The zero-order valence-corrected chi connectivity index (χ0v) is 13.8. The van der Waals surface area contributed by atoms with Crippen LogP contribution in [0.15, 0.2) is 78.9 Å². The smallest absolute Gasteiger partial charge is 0.274 e. The molecule has 0 atom stereocenters. The first kappa shape index (κ1) is 15.1. The second-order valence-electron chi connectivity index (χ2n) is 5.93. The first-order valence-electron chi connectivity index (χ1n) is 8.13. The highest BCUT2D eigenvalue weighted by Crippen LogP contribution is 2.20. The van der Waals surface area contributed by atoms with Gasteiger partial charge < -0.3 is 5.32 Å². The van der Waals surface area contributed by atoms with E-state index in [9.17, 15) is 4.79 Å². The molecule has 1 aromatic heterocycles. The summed E-state index contributed by atoms with van der Waals surface area (Å²) >= 11 is 0. The summed E-state index contributed by atoms with van der Waals surface area (Å²) in [5.74, 6) is -0.181. The lowest BCUT2D eigenvalue weighted by Crippen LogP contribution is -2.16. The summed E-state index contributed by atoms with van der Waals surface area (Å²) in [4.78, 5) is 12.7. The number of benzene rings is 3. The van der Waals surface area contributed by atoms with E-state index in [0.717, 1.165) is 27.8 Å². The topological polar surface area (TPSA) is 46.9 Å². The normalized spacial score (nSPS) is 10.8. The zero-order valence-electron chi connectivity index (χ0n) is 13.8. The van der Waals surface area contributed by atoms with E-state index in [1.54, 1.807) is 10.7 Å². The Bertz CT molecular complexity index is 1050. The molecule has 4 rings (SSSR count). The number of aromatic nitrogens is 2. The third-order valence-corrected chi connectivity index (χ3v) is 4.07. The molecular formula is C21H17N3O. The number of para-hydroxylation sites is 1. The van der Waals surface area contributed by atoms with E-state index in [0.29, 0.717) is 5.69 Å². The number of hydrogen-bond donors (Lipinski definition) is 1. The van der Waals surface area contributed by atoms with Gasteiger partial charge in [-0.1, -0.05) is 48.5 Å². The van der Waals surface area contributed by atoms with Crippen molar-refractivity contribution < 1.29 is 4.79 Å². The molecule has 0 unspecified atom stereocenters. The number of aryl methyl sites for hydroxylation is 1. The molecule has 4 heteroatoms. The third-order valence-electron chi connectivity index (χ3n) is 4.07. The molecule has 0 radical (unpaired) electrons. The molecule has 0 aliphatic carbocycles. The van der Waals surface area contributed by atoms with Crippen LogP contribution in [0.25, 0.3) is 16.5 Å². The van der Waals surface area contributed by atoms with Crippen molar-refractivity contribution in [3.8, 4) is 5.69 Å². The van der Waals surface area contributed by atoms with Gasteiger partial charge >= 0.3 is 0 Å². The summed E-state index contributed by atoms with van der Waals surface area (Å²) in [6.07, 6.45) is 0. The van der Waals surface area contributed by atoms with Gasteiger partial charge in [0.15, 0.2) is 0 Å². The first-order chi connectivity index (χ1) is 12.2. The summed E-state index contributed by atoms with van der Waals surface area (Å²) in [6.45, 7) is 1.89. The van der Waals surface area contributed by atoms with Crippen LogP contribution in [-0.4, -0.2) is 15.7 Å². The lowest BCUT2D eigenvalue weighted by Gasteiger charge is -2.09. The van der Waals surface area contributed by atoms with Crippen molar-refractivity contribution in [3.05, 3.63) is 90.3 Å². The van der Waals surface area contributed by atoms with Crippen molar-refractivity contribution in [3.63, 3.8) is 0 Å². The number of hydrogen-bond acceptors (Lipinski definition) is 2. The number of nitrogens with one attached hydrogen (secondary N) is 1. The van der Waals surface area contributed by atoms with Gasteiger partial charge in [0, 0.05) is 5.69 Å². The van der Waals surface area contributed by atoms with E-state index in [-0.39, 0.29) is 5.91 Å². The molecule has 0 saturated carbocycles. The van der Waals surface area contributed by atoms with Gasteiger partial charge in [0.05, 0.1) is 11.4 Å². The number of carbonyl (C=O) groups is 1. The maximum absolute atomic E-state index is 12.7. The molecule has 4 aromatic rings. The van der Waals surface area contributed by atoms with E-state index in [1.165, 1.54) is 0 Å². The molecule has 3 aromatic carbocycles. The van der Waals surface area contributed by atoms with Crippen LogP contribution in [0, 0.1) is 6.92 Å². The minimum atomic E-state index is -0.181. The molecule has 0 saturated heterocycles. The number of nitrogens with zero attached hydrogens (tertiary/aromatic N) is 2. The largest absolute Gasteiger partial charge is 0.321 e. The van der Waals surface area contributed by atoms with Gasteiger partial charge in [-0.2, -0.15) is 5.10 Å². The van der Waals surface area contributed by atoms with E-state index in [1.807, 2.05) is 67.6 Å². The lowest BCUT2D eigenvalue weighted by molar-refractivity contribution is 0.101. The maximum Gasteiger partial charge on any atom is 0.274 e. The van der Waals surface area contributed by atoms with Crippen LogP contribution >= 0.6 is 0 Å². The Hall–Kier alpha value is -3.40. The molecule has 0 spiro atoms.